The van der Waals surface area contributed by atoms with E-state index in [0.717, 1.165) is 12.3 Å². The van der Waals surface area contributed by atoms with Crippen LogP contribution in [0.3, 0.4) is 0 Å². The molecule has 0 bridgehead atoms. The normalized spacial score (nSPS) is 17.9. The molecular formula is C16H26N2O. The molecule has 1 heterocycles. The van der Waals surface area contributed by atoms with E-state index in [1.807, 2.05) is 6.07 Å². The molecule has 1 aliphatic heterocycles. The van der Waals surface area contributed by atoms with Crippen molar-refractivity contribution in [3.05, 3.63) is 29.8 Å². The number of hydrogen-bond donors (Lipinski definition) is 1. The zero-order chi connectivity index (χ0) is 13.7. The van der Waals surface area contributed by atoms with Gasteiger partial charge in [0, 0.05) is 18.6 Å². The SMILES string of the molecule is COc1cccc(C(CNC(C)C)N2CCCC2)c1. The van der Waals surface area contributed by atoms with Crippen molar-refractivity contribution in [3.63, 3.8) is 0 Å². The van der Waals surface area contributed by atoms with Gasteiger partial charge in [-0.25, -0.2) is 0 Å². The summed E-state index contributed by atoms with van der Waals surface area (Å²) in [6.45, 7) is 7.83. The van der Waals surface area contributed by atoms with Crippen molar-refractivity contribution >= 4 is 0 Å². The highest BCUT2D eigenvalue weighted by Gasteiger charge is 2.23. The van der Waals surface area contributed by atoms with Crippen molar-refractivity contribution in [2.24, 2.45) is 0 Å². The second-order valence-electron chi connectivity index (χ2n) is 5.60. The van der Waals surface area contributed by atoms with Gasteiger partial charge in [0.1, 0.15) is 5.75 Å². The first-order valence-electron chi connectivity index (χ1n) is 7.32. The molecule has 3 heteroatoms. The minimum atomic E-state index is 0.458. The molecule has 106 valence electrons. The van der Waals surface area contributed by atoms with E-state index >= 15 is 0 Å². The third-order valence-electron chi connectivity index (χ3n) is 3.78. The maximum absolute atomic E-state index is 5.35. The lowest BCUT2D eigenvalue weighted by molar-refractivity contribution is 0.234. The van der Waals surface area contributed by atoms with E-state index in [1.54, 1.807) is 7.11 Å². The molecule has 3 nitrogen and oxygen atoms in total. The van der Waals surface area contributed by atoms with Crippen LogP contribution in [0.2, 0.25) is 0 Å². The number of benzene rings is 1. The van der Waals surface area contributed by atoms with Gasteiger partial charge in [0.25, 0.3) is 0 Å². The molecule has 1 aliphatic rings. The Bertz CT molecular complexity index is 386. The highest BCUT2D eigenvalue weighted by atomic mass is 16.5. The fourth-order valence-electron chi connectivity index (χ4n) is 2.71. The zero-order valence-corrected chi connectivity index (χ0v) is 12.4. The summed E-state index contributed by atoms with van der Waals surface area (Å²) in [5.41, 5.74) is 1.36. The number of ether oxygens (including phenoxy) is 1. The summed E-state index contributed by atoms with van der Waals surface area (Å²) in [5.74, 6) is 0.950. The summed E-state index contributed by atoms with van der Waals surface area (Å²) >= 11 is 0. The molecule has 2 rings (SSSR count). The largest absolute Gasteiger partial charge is 0.497 e. The zero-order valence-electron chi connectivity index (χ0n) is 12.4. The quantitative estimate of drug-likeness (QED) is 0.853. The molecule has 1 fully saturated rings. The molecule has 0 spiro atoms. The molecule has 19 heavy (non-hydrogen) atoms. The number of rotatable bonds is 6. The molecular weight excluding hydrogens is 236 g/mol. The third-order valence-corrected chi connectivity index (χ3v) is 3.78. The maximum Gasteiger partial charge on any atom is 0.119 e. The third kappa shape index (κ3) is 3.95. The average Bonchev–Trinajstić information content (AvgIpc) is 2.93. The minimum absolute atomic E-state index is 0.458. The molecule has 0 amide bonds. The van der Waals surface area contributed by atoms with Crippen LogP contribution in [0.25, 0.3) is 0 Å². The van der Waals surface area contributed by atoms with Gasteiger partial charge in [-0.1, -0.05) is 26.0 Å². The number of hydrogen-bond acceptors (Lipinski definition) is 3. The second kappa shape index (κ2) is 6.92. The molecule has 0 aliphatic carbocycles. The van der Waals surface area contributed by atoms with Crippen LogP contribution >= 0.6 is 0 Å². The monoisotopic (exact) mass is 262 g/mol. The van der Waals surface area contributed by atoms with E-state index in [1.165, 1.54) is 31.5 Å². The Morgan fingerprint density at radius 2 is 2.00 bits per heavy atom. The van der Waals surface area contributed by atoms with E-state index in [9.17, 15) is 0 Å². The van der Waals surface area contributed by atoms with Gasteiger partial charge in [-0.3, -0.25) is 4.90 Å². The Labute approximate surface area is 116 Å². The number of nitrogens with one attached hydrogen (secondary N) is 1. The van der Waals surface area contributed by atoms with Gasteiger partial charge in [0.15, 0.2) is 0 Å². The van der Waals surface area contributed by atoms with Crippen molar-refractivity contribution in [3.8, 4) is 5.75 Å². The Hall–Kier alpha value is -1.06. The summed E-state index contributed by atoms with van der Waals surface area (Å²) in [7, 11) is 1.73. The predicted octanol–water partition coefficient (Wildman–Crippen LogP) is 2.83. The van der Waals surface area contributed by atoms with Crippen molar-refractivity contribution in [1.82, 2.24) is 10.2 Å². The number of likely N-dealkylation sites (tertiary alicyclic amines) is 1. The van der Waals surface area contributed by atoms with Gasteiger partial charge in [0.2, 0.25) is 0 Å². The van der Waals surface area contributed by atoms with Crippen molar-refractivity contribution < 1.29 is 4.74 Å². The van der Waals surface area contributed by atoms with E-state index in [2.05, 4.69) is 42.3 Å². The summed E-state index contributed by atoms with van der Waals surface area (Å²) in [4.78, 5) is 2.59. The van der Waals surface area contributed by atoms with Crippen LogP contribution in [-0.4, -0.2) is 37.7 Å². The predicted molar refractivity (Wildman–Crippen MR) is 79.7 cm³/mol. The summed E-state index contributed by atoms with van der Waals surface area (Å²) in [6.07, 6.45) is 2.64. The first-order valence-corrected chi connectivity index (χ1v) is 7.32. The lowest BCUT2D eigenvalue weighted by atomic mass is 10.0. The van der Waals surface area contributed by atoms with Crippen molar-refractivity contribution in [1.29, 1.82) is 0 Å². The molecule has 1 unspecified atom stereocenters. The standard InChI is InChI=1S/C16H26N2O/c1-13(2)17-12-16(18-9-4-5-10-18)14-7-6-8-15(11-14)19-3/h6-8,11,13,16-17H,4-5,9-10,12H2,1-3H3. The van der Waals surface area contributed by atoms with E-state index < -0.39 is 0 Å². The number of nitrogens with zero attached hydrogens (tertiary/aromatic N) is 1. The van der Waals surface area contributed by atoms with Gasteiger partial charge in [-0.05, 0) is 43.6 Å². The highest BCUT2D eigenvalue weighted by molar-refractivity contribution is 5.31. The lowest BCUT2D eigenvalue weighted by Gasteiger charge is -2.29. The van der Waals surface area contributed by atoms with Crippen LogP contribution < -0.4 is 10.1 Å². The molecule has 1 aromatic carbocycles. The molecule has 0 saturated carbocycles. The first kappa shape index (κ1) is 14.4. The van der Waals surface area contributed by atoms with Gasteiger partial charge < -0.3 is 10.1 Å². The Morgan fingerprint density at radius 3 is 2.63 bits per heavy atom. The second-order valence-corrected chi connectivity index (χ2v) is 5.60. The molecule has 1 N–H and O–H groups in total. The van der Waals surface area contributed by atoms with Crippen LogP contribution in [0.15, 0.2) is 24.3 Å². The fraction of sp³-hybridized carbons (Fsp3) is 0.625. The van der Waals surface area contributed by atoms with Gasteiger partial charge in [0.05, 0.1) is 7.11 Å². The van der Waals surface area contributed by atoms with Crippen LogP contribution in [0.1, 0.15) is 38.3 Å². The van der Waals surface area contributed by atoms with Crippen LogP contribution in [0.4, 0.5) is 0 Å². The smallest absolute Gasteiger partial charge is 0.119 e. The van der Waals surface area contributed by atoms with Gasteiger partial charge >= 0.3 is 0 Å². The van der Waals surface area contributed by atoms with Crippen molar-refractivity contribution in [2.75, 3.05) is 26.7 Å². The average molecular weight is 262 g/mol. The lowest BCUT2D eigenvalue weighted by Crippen LogP contribution is -2.36. The van der Waals surface area contributed by atoms with Crippen LogP contribution in [0.5, 0.6) is 5.75 Å². The van der Waals surface area contributed by atoms with Gasteiger partial charge in [-0.15, -0.1) is 0 Å². The molecule has 0 radical (unpaired) electrons. The first-order chi connectivity index (χ1) is 9.20. The summed E-state index contributed by atoms with van der Waals surface area (Å²) in [6, 6.07) is 9.47. The molecule has 1 atom stereocenters. The Balaban J connectivity index is 2.14. The summed E-state index contributed by atoms with van der Waals surface area (Å²) < 4.78 is 5.35. The number of methoxy groups -OCH3 is 1. The Morgan fingerprint density at radius 1 is 1.26 bits per heavy atom. The highest BCUT2D eigenvalue weighted by Crippen LogP contribution is 2.27. The Kier molecular flexibility index (Phi) is 5.23. The van der Waals surface area contributed by atoms with Crippen LogP contribution in [-0.2, 0) is 0 Å². The van der Waals surface area contributed by atoms with Crippen LogP contribution in [0, 0.1) is 0 Å². The van der Waals surface area contributed by atoms with E-state index in [-0.39, 0.29) is 0 Å². The van der Waals surface area contributed by atoms with Crippen molar-refractivity contribution in [2.45, 2.75) is 38.8 Å². The molecule has 0 aromatic heterocycles. The van der Waals surface area contributed by atoms with E-state index in [0.29, 0.717) is 12.1 Å². The van der Waals surface area contributed by atoms with Gasteiger partial charge in [-0.2, -0.15) is 0 Å². The molecule has 1 saturated heterocycles. The minimum Gasteiger partial charge on any atom is -0.497 e. The fourth-order valence-corrected chi connectivity index (χ4v) is 2.71. The summed E-state index contributed by atoms with van der Waals surface area (Å²) in [5, 5.41) is 3.58. The maximum atomic E-state index is 5.35. The topological polar surface area (TPSA) is 24.5 Å². The van der Waals surface area contributed by atoms with E-state index in [4.69, 9.17) is 4.74 Å². The molecule has 1 aromatic rings.